The quantitative estimate of drug-likeness (QED) is 0.431. The van der Waals surface area contributed by atoms with Gasteiger partial charge in [-0.05, 0) is 6.42 Å². The maximum atomic E-state index is 11.3. The van der Waals surface area contributed by atoms with E-state index < -0.39 is 0 Å². The molecule has 1 aliphatic rings. The minimum absolute atomic E-state index is 0.218. The Hall–Kier alpha value is -2.27. The highest BCUT2D eigenvalue weighted by Crippen LogP contribution is 2.15. The Morgan fingerprint density at radius 1 is 1.67 bits per heavy atom. The standard InChI is InChI=1S/C8H7N6O/c9-3-12-7(10)5-4-1-2-11-8(15)6(4)14-13-5/h10H,1-2H2,(H,11,15)(H,13,14)/q-1. The van der Waals surface area contributed by atoms with Crippen LogP contribution in [-0.2, 0) is 6.42 Å². The van der Waals surface area contributed by atoms with E-state index in [1.807, 2.05) is 0 Å². The van der Waals surface area contributed by atoms with Gasteiger partial charge in [0, 0.05) is 12.1 Å². The molecule has 0 spiro atoms. The van der Waals surface area contributed by atoms with Gasteiger partial charge in [-0.15, -0.1) is 6.01 Å². The molecule has 2 rings (SSSR count). The van der Waals surface area contributed by atoms with E-state index in [9.17, 15) is 4.79 Å². The first kappa shape index (κ1) is 9.29. The van der Waals surface area contributed by atoms with Crippen molar-refractivity contribution in [3.63, 3.8) is 0 Å². The molecular formula is C8H7N6O-. The fourth-order valence-electron chi connectivity index (χ4n) is 1.48. The zero-order chi connectivity index (χ0) is 10.8. The van der Waals surface area contributed by atoms with E-state index in [4.69, 9.17) is 10.8 Å². The smallest absolute Gasteiger partial charge is 0.269 e. The number of aliphatic imine (C=N–C) groups is 1. The van der Waals surface area contributed by atoms with Crippen molar-refractivity contribution < 1.29 is 4.79 Å². The molecule has 0 radical (unpaired) electrons. The van der Waals surface area contributed by atoms with E-state index in [0.29, 0.717) is 24.2 Å². The first-order valence-corrected chi connectivity index (χ1v) is 4.28. The second-order valence-corrected chi connectivity index (χ2v) is 2.99. The summed E-state index contributed by atoms with van der Waals surface area (Å²) in [4.78, 5) is 14.6. The molecule has 1 aliphatic heterocycles. The normalized spacial score (nSPS) is 13.7. The van der Waals surface area contributed by atoms with Gasteiger partial charge in [-0.25, -0.2) is 0 Å². The molecule has 2 heterocycles. The fourth-order valence-corrected chi connectivity index (χ4v) is 1.48. The minimum atomic E-state index is -0.236. The SMILES string of the molecule is [N-]=C=NC(=N)c1n[nH]c2c1CCNC2=O. The van der Waals surface area contributed by atoms with Gasteiger partial charge in [-0.3, -0.25) is 9.89 Å². The Labute approximate surface area is 84.6 Å². The van der Waals surface area contributed by atoms with Gasteiger partial charge in [0.2, 0.25) is 0 Å². The Morgan fingerprint density at radius 3 is 3.20 bits per heavy atom. The molecule has 0 saturated carbocycles. The Morgan fingerprint density at radius 2 is 2.47 bits per heavy atom. The second-order valence-electron chi connectivity index (χ2n) is 2.99. The van der Waals surface area contributed by atoms with E-state index >= 15 is 0 Å². The number of amides is 1. The van der Waals surface area contributed by atoms with Crippen LogP contribution in [-0.4, -0.2) is 34.5 Å². The van der Waals surface area contributed by atoms with Crippen molar-refractivity contribution in [3.8, 4) is 0 Å². The lowest BCUT2D eigenvalue weighted by Gasteiger charge is -2.12. The van der Waals surface area contributed by atoms with Crippen molar-refractivity contribution in [2.75, 3.05) is 6.54 Å². The molecule has 0 fully saturated rings. The van der Waals surface area contributed by atoms with Crippen molar-refractivity contribution >= 4 is 17.8 Å². The summed E-state index contributed by atoms with van der Waals surface area (Å²) >= 11 is 0. The number of nitrogens with one attached hydrogen (secondary N) is 3. The average Bonchev–Trinajstić information content (AvgIpc) is 2.63. The summed E-state index contributed by atoms with van der Waals surface area (Å²) in [6.45, 7) is 0.512. The van der Waals surface area contributed by atoms with E-state index in [1.165, 1.54) is 6.01 Å². The molecular weight excluding hydrogens is 196 g/mol. The molecule has 1 aromatic rings. The zero-order valence-corrected chi connectivity index (χ0v) is 7.66. The predicted octanol–water partition coefficient (Wildman–Crippen LogP) is -0.236. The van der Waals surface area contributed by atoms with Crippen LogP contribution in [0.25, 0.3) is 5.41 Å². The van der Waals surface area contributed by atoms with Gasteiger partial charge in [-0.2, -0.15) is 5.10 Å². The second kappa shape index (κ2) is 3.47. The summed E-state index contributed by atoms with van der Waals surface area (Å²) in [6.07, 6.45) is 0.593. The van der Waals surface area contributed by atoms with Crippen molar-refractivity contribution in [2.45, 2.75) is 6.42 Å². The molecule has 1 amide bonds. The molecule has 1 aromatic heterocycles. The average molecular weight is 203 g/mol. The molecule has 0 atom stereocenters. The van der Waals surface area contributed by atoms with Gasteiger partial charge < -0.3 is 21.1 Å². The lowest BCUT2D eigenvalue weighted by Crippen LogP contribution is -2.32. The third kappa shape index (κ3) is 1.44. The van der Waals surface area contributed by atoms with Gasteiger partial charge in [0.05, 0.1) is 5.84 Å². The monoisotopic (exact) mass is 203 g/mol. The van der Waals surface area contributed by atoms with Crippen molar-refractivity contribution in [2.24, 2.45) is 4.99 Å². The number of rotatable bonds is 1. The van der Waals surface area contributed by atoms with Crippen LogP contribution in [0.4, 0.5) is 0 Å². The highest BCUT2D eigenvalue weighted by molar-refractivity contribution is 6.03. The summed E-state index contributed by atoms with van der Waals surface area (Å²) in [7, 11) is 0. The van der Waals surface area contributed by atoms with Crippen LogP contribution in [0.1, 0.15) is 21.7 Å². The van der Waals surface area contributed by atoms with Crippen molar-refractivity contribution in [1.29, 1.82) is 5.41 Å². The third-order valence-corrected chi connectivity index (χ3v) is 2.14. The van der Waals surface area contributed by atoms with Crippen LogP contribution in [0.15, 0.2) is 4.99 Å². The zero-order valence-electron chi connectivity index (χ0n) is 7.66. The van der Waals surface area contributed by atoms with Crippen LogP contribution in [0, 0.1) is 5.41 Å². The van der Waals surface area contributed by atoms with E-state index in [0.717, 1.165) is 0 Å². The number of hydrogen-bond acceptors (Lipinski definition) is 3. The third-order valence-electron chi connectivity index (χ3n) is 2.14. The molecule has 0 aliphatic carbocycles. The number of carbonyl (C=O) groups excluding carboxylic acids is 1. The van der Waals surface area contributed by atoms with E-state index in [1.54, 1.807) is 0 Å². The summed E-state index contributed by atoms with van der Waals surface area (Å²) in [6, 6.07) is 1.52. The summed E-state index contributed by atoms with van der Waals surface area (Å²) in [5.74, 6) is -0.454. The number of hydrogen-bond donors (Lipinski definition) is 3. The largest absolute Gasteiger partial charge is 0.422 e. The molecule has 0 bridgehead atoms. The van der Waals surface area contributed by atoms with Crippen molar-refractivity contribution in [1.82, 2.24) is 15.5 Å². The number of amidine groups is 1. The molecule has 15 heavy (non-hydrogen) atoms. The van der Waals surface area contributed by atoms with Crippen LogP contribution in [0.2, 0.25) is 0 Å². The maximum absolute atomic E-state index is 11.3. The van der Waals surface area contributed by atoms with Crippen LogP contribution in [0.5, 0.6) is 0 Å². The van der Waals surface area contributed by atoms with Gasteiger partial charge in [-0.1, -0.05) is 0 Å². The number of fused-ring (bicyclic) bond motifs is 1. The predicted molar refractivity (Wildman–Crippen MR) is 52.2 cm³/mol. The van der Waals surface area contributed by atoms with Crippen molar-refractivity contribution in [3.05, 3.63) is 22.4 Å². The van der Waals surface area contributed by atoms with E-state index in [-0.39, 0.29) is 17.4 Å². The molecule has 0 unspecified atom stereocenters. The van der Waals surface area contributed by atoms with Gasteiger partial charge >= 0.3 is 0 Å². The minimum Gasteiger partial charge on any atom is -0.422 e. The molecule has 7 heteroatoms. The highest BCUT2D eigenvalue weighted by atomic mass is 16.2. The Kier molecular flexibility index (Phi) is 2.15. The molecule has 76 valence electrons. The Bertz CT molecular complexity index is 481. The number of aromatic amines is 1. The summed E-state index contributed by atoms with van der Waals surface area (Å²) in [5.41, 5.74) is 1.29. The molecule has 3 N–H and O–H groups in total. The molecule has 7 nitrogen and oxygen atoms in total. The van der Waals surface area contributed by atoms with Crippen LogP contribution in [0.3, 0.4) is 0 Å². The van der Waals surface area contributed by atoms with Gasteiger partial charge in [0.25, 0.3) is 5.91 Å². The number of nitrogens with zero attached hydrogens (tertiary/aromatic N) is 3. The van der Waals surface area contributed by atoms with E-state index in [2.05, 4.69) is 20.5 Å². The van der Waals surface area contributed by atoms with Crippen LogP contribution >= 0.6 is 0 Å². The molecule has 0 saturated heterocycles. The number of H-pyrrole nitrogens is 1. The van der Waals surface area contributed by atoms with Crippen LogP contribution < -0.4 is 5.32 Å². The fraction of sp³-hybridized carbons (Fsp3) is 0.250. The van der Waals surface area contributed by atoms with Gasteiger partial charge in [0.15, 0.2) is 0 Å². The number of aromatic nitrogens is 2. The summed E-state index contributed by atoms with van der Waals surface area (Å²) in [5, 5.41) is 24.8. The maximum Gasteiger partial charge on any atom is 0.269 e. The highest BCUT2D eigenvalue weighted by Gasteiger charge is 2.23. The van der Waals surface area contributed by atoms with Gasteiger partial charge in [0.1, 0.15) is 11.4 Å². The lowest BCUT2D eigenvalue weighted by molar-refractivity contribution is 0.0941. The number of carbonyl (C=O) groups is 1. The molecule has 0 aromatic carbocycles. The Balaban J connectivity index is 2.47. The summed E-state index contributed by atoms with van der Waals surface area (Å²) < 4.78 is 0. The topological polar surface area (TPSA) is 116 Å². The first-order chi connectivity index (χ1) is 7.24. The lowest BCUT2D eigenvalue weighted by atomic mass is 10.1. The first-order valence-electron chi connectivity index (χ1n) is 4.28.